The van der Waals surface area contributed by atoms with Crippen molar-refractivity contribution in [2.75, 3.05) is 11.9 Å². The lowest BCUT2D eigenvalue weighted by molar-refractivity contribution is 0.0940. The maximum atomic E-state index is 12.2. The molecule has 1 amide bonds. The minimum atomic E-state index is -0.0580. The van der Waals surface area contributed by atoms with E-state index in [0.29, 0.717) is 5.56 Å². The van der Waals surface area contributed by atoms with Gasteiger partial charge < -0.3 is 10.6 Å². The van der Waals surface area contributed by atoms with E-state index in [1.165, 1.54) is 9.75 Å². The lowest BCUT2D eigenvalue weighted by atomic mass is 10.2. The Morgan fingerprint density at radius 1 is 1.38 bits per heavy atom. The smallest absolute Gasteiger partial charge is 0.251 e. The Balaban J connectivity index is 1.95. The van der Waals surface area contributed by atoms with Gasteiger partial charge in [-0.1, -0.05) is 0 Å². The van der Waals surface area contributed by atoms with Crippen LogP contribution in [0.5, 0.6) is 0 Å². The molecule has 2 N–H and O–H groups in total. The molecule has 2 heterocycles. The zero-order valence-electron chi connectivity index (χ0n) is 12.6. The molecule has 0 radical (unpaired) electrons. The van der Waals surface area contributed by atoms with Gasteiger partial charge >= 0.3 is 0 Å². The van der Waals surface area contributed by atoms with Gasteiger partial charge in [-0.3, -0.25) is 4.79 Å². The summed E-state index contributed by atoms with van der Waals surface area (Å²) in [5.41, 5.74) is 0.634. The first-order valence-corrected chi connectivity index (χ1v) is 7.96. The molecule has 2 rings (SSSR count). The summed E-state index contributed by atoms with van der Waals surface area (Å²) in [6.07, 6.45) is 2.51. The molecule has 1 unspecified atom stereocenters. The molecule has 0 saturated heterocycles. The second kappa shape index (κ2) is 7.22. The van der Waals surface area contributed by atoms with E-state index in [4.69, 9.17) is 0 Å². The van der Waals surface area contributed by atoms with Crippen LogP contribution in [0, 0.1) is 6.92 Å². The highest BCUT2D eigenvalue weighted by Crippen LogP contribution is 2.17. The number of aromatic nitrogens is 1. The maximum Gasteiger partial charge on any atom is 0.251 e. The van der Waals surface area contributed by atoms with E-state index in [0.717, 1.165) is 18.8 Å². The monoisotopic (exact) mass is 303 g/mol. The van der Waals surface area contributed by atoms with E-state index in [2.05, 4.69) is 34.7 Å². The van der Waals surface area contributed by atoms with Gasteiger partial charge in [-0.2, -0.15) is 0 Å². The van der Waals surface area contributed by atoms with E-state index in [9.17, 15) is 4.79 Å². The number of nitrogens with zero attached hydrogens (tertiary/aromatic N) is 1. The van der Waals surface area contributed by atoms with Crippen molar-refractivity contribution in [1.29, 1.82) is 0 Å². The van der Waals surface area contributed by atoms with Crippen LogP contribution < -0.4 is 10.6 Å². The Kier molecular flexibility index (Phi) is 5.33. The summed E-state index contributed by atoms with van der Waals surface area (Å²) in [7, 11) is 0. The van der Waals surface area contributed by atoms with Crippen molar-refractivity contribution in [3.63, 3.8) is 0 Å². The van der Waals surface area contributed by atoms with E-state index < -0.39 is 0 Å². The Hall–Kier alpha value is -1.88. The average Bonchev–Trinajstić information content (AvgIpc) is 2.84. The van der Waals surface area contributed by atoms with Gasteiger partial charge in [0.15, 0.2) is 0 Å². The molecule has 0 aromatic carbocycles. The summed E-state index contributed by atoms with van der Waals surface area (Å²) in [4.78, 5) is 19.0. The Morgan fingerprint density at radius 3 is 2.86 bits per heavy atom. The molecule has 112 valence electrons. The predicted molar refractivity (Wildman–Crippen MR) is 88.1 cm³/mol. The number of amides is 1. The quantitative estimate of drug-likeness (QED) is 0.861. The topological polar surface area (TPSA) is 54.0 Å². The van der Waals surface area contributed by atoms with Crippen LogP contribution >= 0.6 is 11.3 Å². The largest absolute Gasteiger partial charge is 0.370 e. The van der Waals surface area contributed by atoms with Crippen LogP contribution in [-0.4, -0.2) is 23.5 Å². The molecule has 0 aliphatic carbocycles. The molecule has 0 spiro atoms. The van der Waals surface area contributed by atoms with Crippen molar-refractivity contribution in [2.45, 2.75) is 33.2 Å². The minimum Gasteiger partial charge on any atom is -0.370 e. The number of carbonyl (C=O) groups excluding carboxylic acids is 1. The lowest BCUT2D eigenvalue weighted by Gasteiger charge is -2.13. The van der Waals surface area contributed by atoms with Crippen molar-refractivity contribution in [1.82, 2.24) is 10.3 Å². The average molecular weight is 303 g/mol. The molecule has 5 heteroatoms. The third-order valence-electron chi connectivity index (χ3n) is 3.06. The van der Waals surface area contributed by atoms with Crippen LogP contribution in [0.25, 0.3) is 0 Å². The van der Waals surface area contributed by atoms with Crippen LogP contribution in [0.3, 0.4) is 0 Å². The number of carbonyl (C=O) groups is 1. The molecule has 4 nitrogen and oxygen atoms in total. The summed E-state index contributed by atoms with van der Waals surface area (Å²) in [6.45, 7) is 6.90. The number of rotatable bonds is 6. The number of hydrogen-bond donors (Lipinski definition) is 2. The molecule has 0 saturated carbocycles. The molecule has 2 aromatic rings. The SMILES string of the molecule is CCNc1cc(C(=O)NC(C)Cc2ccc(C)s2)ccn1. The number of hydrogen-bond acceptors (Lipinski definition) is 4. The van der Waals surface area contributed by atoms with Gasteiger partial charge in [0.1, 0.15) is 5.82 Å². The standard InChI is InChI=1S/C16H21N3OS/c1-4-17-15-10-13(7-8-18-15)16(20)19-11(2)9-14-6-5-12(3)21-14/h5-8,10-11H,4,9H2,1-3H3,(H,17,18)(H,19,20). The zero-order chi connectivity index (χ0) is 15.2. The number of thiophene rings is 1. The van der Waals surface area contributed by atoms with Crippen LogP contribution in [-0.2, 0) is 6.42 Å². The van der Waals surface area contributed by atoms with Crippen molar-refractivity contribution >= 4 is 23.1 Å². The third-order valence-corrected chi connectivity index (χ3v) is 4.08. The summed E-state index contributed by atoms with van der Waals surface area (Å²) in [6, 6.07) is 7.85. The summed E-state index contributed by atoms with van der Waals surface area (Å²) < 4.78 is 0. The molecule has 0 fully saturated rings. The first kappa shape index (κ1) is 15.5. The first-order valence-electron chi connectivity index (χ1n) is 7.14. The number of aryl methyl sites for hydroxylation is 1. The number of nitrogens with one attached hydrogen (secondary N) is 2. The number of anilines is 1. The van der Waals surface area contributed by atoms with E-state index in [1.54, 1.807) is 29.7 Å². The van der Waals surface area contributed by atoms with E-state index in [1.807, 2.05) is 13.8 Å². The van der Waals surface area contributed by atoms with Crippen LogP contribution in [0.1, 0.15) is 34.0 Å². The van der Waals surface area contributed by atoms with E-state index >= 15 is 0 Å². The second-order valence-corrected chi connectivity index (χ2v) is 6.42. The summed E-state index contributed by atoms with van der Waals surface area (Å²) >= 11 is 1.78. The molecule has 1 atom stereocenters. The molecule has 0 aliphatic rings. The fourth-order valence-electron chi connectivity index (χ4n) is 2.10. The summed E-state index contributed by atoms with van der Waals surface area (Å²) in [5.74, 6) is 0.670. The van der Waals surface area contributed by atoms with Gasteiger partial charge in [-0.15, -0.1) is 11.3 Å². The normalized spacial score (nSPS) is 12.0. The third kappa shape index (κ3) is 4.56. The van der Waals surface area contributed by atoms with Gasteiger partial charge in [0.25, 0.3) is 5.91 Å². The number of pyridine rings is 1. The van der Waals surface area contributed by atoms with Crippen LogP contribution in [0.2, 0.25) is 0 Å². The maximum absolute atomic E-state index is 12.2. The second-order valence-electron chi connectivity index (χ2n) is 5.05. The molecule has 21 heavy (non-hydrogen) atoms. The van der Waals surface area contributed by atoms with Crippen molar-refractivity contribution in [3.05, 3.63) is 45.8 Å². The fourth-order valence-corrected chi connectivity index (χ4v) is 3.12. The molecule has 0 aliphatic heterocycles. The van der Waals surface area contributed by atoms with Gasteiger partial charge in [0.05, 0.1) is 0 Å². The van der Waals surface area contributed by atoms with Crippen molar-refractivity contribution in [3.8, 4) is 0 Å². The highest BCUT2D eigenvalue weighted by Gasteiger charge is 2.12. The fraction of sp³-hybridized carbons (Fsp3) is 0.375. The van der Waals surface area contributed by atoms with Crippen molar-refractivity contribution < 1.29 is 4.79 Å². The Bertz CT molecular complexity index is 609. The highest BCUT2D eigenvalue weighted by molar-refractivity contribution is 7.11. The molecule has 2 aromatic heterocycles. The van der Waals surface area contributed by atoms with Gasteiger partial charge in [0.2, 0.25) is 0 Å². The van der Waals surface area contributed by atoms with Gasteiger partial charge in [0, 0.05) is 40.5 Å². The van der Waals surface area contributed by atoms with Gasteiger partial charge in [-0.05, 0) is 45.0 Å². The Labute approximate surface area is 129 Å². The van der Waals surface area contributed by atoms with Crippen molar-refractivity contribution in [2.24, 2.45) is 0 Å². The van der Waals surface area contributed by atoms with Gasteiger partial charge in [-0.25, -0.2) is 4.98 Å². The lowest BCUT2D eigenvalue weighted by Crippen LogP contribution is -2.33. The highest BCUT2D eigenvalue weighted by atomic mass is 32.1. The van der Waals surface area contributed by atoms with Crippen LogP contribution in [0.4, 0.5) is 5.82 Å². The first-order chi connectivity index (χ1) is 10.1. The molecular weight excluding hydrogens is 282 g/mol. The Morgan fingerprint density at radius 2 is 2.19 bits per heavy atom. The molecule has 0 bridgehead atoms. The zero-order valence-corrected chi connectivity index (χ0v) is 13.5. The minimum absolute atomic E-state index is 0.0580. The van der Waals surface area contributed by atoms with Crippen LogP contribution in [0.15, 0.2) is 30.5 Å². The molecular formula is C16H21N3OS. The summed E-state index contributed by atoms with van der Waals surface area (Å²) in [5, 5.41) is 6.14. The predicted octanol–water partition coefficient (Wildman–Crippen LogP) is 3.24. The van der Waals surface area contributed by atoms with E-state index in [-0.39, 0.29) is 11.9 Å².